The highest BCUT2D eigenvalue weighted by Crippen LogP contribution is 2.18. The number of carbonyl (C=O) groups excluding carboxylic acids is 1. The second kappa shape index (κ2) is 9.92. The predicted octanol–water partition coefficient (Wildman–Crippen LogP) is 4.44. The Hall–Kier alpha value is -2.40. The van der Waals surface area contributed by atoms with Gasteiger partial charge in [-0.1, -0.05) is 48.9 Å². The van der Waals surface area contributed by atoms with Gasteiger partial charge in [-0.05, 0) is 36.6 Å². The van der Waals surface area contributed by atoms with E-state index in [2.05, 4.69) is 5.32 Å². The number of rotatable bonds is 8. The average Bonchev–Trinajstić information content (AvgIpc) is 2.65. The molecule has 1 N–H and O–H groups in total. The summed E-state index contributed by atoms with van der Waals surface area (Å²) in [6, 6.07) is 14.2. The molecule has 0 aliphatic carbocycles. The Morgan fingerprint density at radius 1 is 1.15 bits per heavy atom. The first-order valence-corrected chi connectivity index (χ1v) is 8.89. The number of halogens is 1. The molecule has 0 spiro atoms. The van der Waals surface area contributed by atoms with Crippen LogP contribution in [0.3, 0.4) is 0 Å². The molecule has 0 saturated carbocycles. The summed E-state index contributed by atoms with van der Waals surface area (Å²) in [4.78, 5) is 14.5. The van der Waals surface area contributed by atoms with E-state index in [0.717, 1.165) is 17.5 Å². The van der Waals surface area contributed by atoms with E-state index in [1.165, 1.54) is 17.7 Å². The maximum atomic E-state index is 13.1. The molecule has 26 heavy (non-hydrogen) atoms. The number of nitrogens with zero attached hydrogens (tertiary/aromatic N) is 1. The van der Waals surface area contributed by atoms with Crippen LogP contribution in [-0.4, -0.2) is 31.2 Å². The van der Waals surface area contributed by atoms with Gasteiger partial charge >= 0.3 is 6.03 Å². The van der Waals surface area contributed by atoms with Crippen LogP contribution in [0.1, 0.15) is 36.1 Å². The molecule has 0 unspecified atom stereocenters. The normalized spacial score (nSPS) is 11.8. The lowest BCUT2D eigenvalue weighted by atomic mass is 10.0. The smallest absolute Gasteiger partial charge is 0.318 e. The van der Waals surface area contributed by atoms with E-state index >= 15 is 0 Å². The van der Waals surface area contributed by atoms with E-state index in [1.54, 1.807) is 24.1 Å². The molecule has 5 heteroatoms. The number of amides is 2. The lowest BCUT2D eigenvalue weighted by Crippen LogP contribution is -2.42. The van der Waals surface area contributed by atoms with E-state index in [1.807, 2.05) is 38.1 Å². The molecule has 0 aliphatic rings. The second-order valence-corrected chi connectivity index (χ2v) is 6.36. The van der Waals surface area contributed by atoms with E-state index in [9.17, 15) is 9.18 Å². The third-order valence-corrected chi connectivity index (χ3v) is 4.32. The summed E-state index contributed by atoms with van der Waals surface area (Å²) in [5.74, 6) is -0.285. The van der Waals surface area contributed by atoms with Gasteiger partial charge in [0.2, 0.25) is 0 Å². The van der Waals surface area contributed by atoms with Gasteiger partial charge in [-0.3, -0.25) is 0 Å². The first-order valence-electron chi connectivity index (χ1n) is 8.89. The minimum absolute atomic E-state index is 0.0543. The standard InChI is InChI=1S/C21H27FN2O2/c1-4-20(18-9-5-16(2)6-10-18)23-21(25)24(13-14-26-3)15-17-7-11-19(22)12-8-17/h5-12,20H,4,13-15H2,1-3H3,(H,23,25)/t20-/m0/s1. The zero-order valence-corrected chi connectivity index (χ0v) is 15.7. The lowest BCUT2D eigenvalue weighted by molar-refractivity contribution is 0.144. The van der Waals surface area contributed by atoms with Crippen LogP contribution in [0.5, 0.6) is 0 Å². The van der Waals surface area contributed by atoms with Crippen LogP contribution in [0.25, 0.3) is 0 Å². The largest absolute Gasteiger partial charge is 0.383 e. The molecule has 0 aliphatic heterocycles. The van der Waals surface area contributed by atoms with Gasteiger partial charge in [-0.2, -0.15) is 0 Å². The molecule has 2 rings (SSSR count). The SMILES string of the molecule is CC[C@H](NC(=O)N(CCOC)Cc1ccc(F)cc1)c1ccc(C)cc1. The van der Waals surface area contributed by atoms with Crippen molar-refractivity contribution in [3.05, 3.63) is 71.0 Å². The number of nitrogens with one attached hydrogen (secondary N) is 1. The van der Waals surface area contributed by atoms with Crippen LogP contribution in [0.15, 0.2) is 48.5 Å². The van der Waals surface area contributed by atoms with Gasteiger partial charge in [-0.25, -0.2) is 9.18 Å². The average molecular weight is 358 g/mol. The van der Waals surface area contributed by atoms with Gasteiger partial charge in [0.05, 0.1) is 12.6 Å². The molecule has 4 nitrogen and oxygen atoms in total. The van der Waals surface area contributed by atoms with Crippen molar-refractivity contribution in [2.45, 2.75) is 32.9 Å². The molecule has 2 aromatic carbocycles. The van der Waals surface area contributed by atoms with E-state index in [0.29, 0.717) is 19.7 Å². The monoisotopic (exact) mass is 358 g/mol. The fourth-order valence-corrected chi connectivity index (χ4v) is 2.72. The summed E-state index contributed by atoms with van der Waals surface area (Å²) < 4.78 is 18.2. The molecule has 0 radical (unpaired) electrons. The van der Waals surface area contributed by atoms with E-state index < -0.39 is 0 Å². The molecule has 1 atom stereocenters. The molecule has 2 aromatic rings. The third kappa shape index (κ3) is 5.85. The Morgan fingerprint density at radius 3 is 2.38 bits per heavy atom. The number of carbonyl (C=O) groups is 1. The van der Waals surface area contributed by atoms with Crippen molar-refractivity contribution >= 4 is 6.03 Å². The highest BCUT2D eigenvalue weighted by molar-refractivity contribution is 5.74. The lowest BCUT2D eigenvalue weighted by Gasteiger charge is -2.26. The minimum atomic E-state index is -0.285. The summed E-state index contributed by atoms with van der Waals surface area (Å²) in [5.41, 5.74) is 3.15. The Labute approximate surface area is 155 Å². The third-order valence-electron chi connectivity index (χ3n) is 4.32. The maximum absolute atomic E-state index is 13.1. The highest BCUT2D eigenvalue weighted by atomic mass is 19.1. The van der Waals surface area contributed by atoms with Crippen LogP contribution >= 0.6 is 0 Å². The van der Waals surface area contributed by atoms with E-state index in [-0.39, 0.29) is 17.9 Å². The molecular weight excluding hydrogens is 331 g/mol. The summed E-state index contributed by atoms with van der Waals surface area (Å²) in [5, 5.41) is 3.10. The molecule has 140 valence electrons. The quantitative estimate of drug-likeness (QED) is 0.758. The number of methoxy groups -OCH3 is 1. The first-order chi connectivity index (χ1) is 12.5. The fraction of sp³-hybridized carbons (Fsp3) is 0.381. The number of benzene rings is 2. The van der Waals surface area contributed by atoms with Crippen molar-refractivity contribution in [3.8, 4) is 0 Å². The number of aryl methyl sites for hydroxylation is 1. The Morgan fingerprint density at radius 2 is 1.81 bits per heavy atom. The topological polar surface area (TPSA) is 41.6 Å². The van der Waals surface area contributed by atoms with Gasteiger partial charge < -0.3 is 15.0 Å². The van der Waals surface area contributed by atoms with Crippen LogP contribution in [0.4, 0.5) is 9.18 Å². The second-order valence-electron chi connectivity index (χ2n) is 6.36. The van der Waals surface area contributed by atoms with Crippen LogP contribution in [0, 0.1) is 12.7 Å². The van der Waals surface area contributed by atoms with Gasteiger partial charge in [-0.15, -0.1) is 0 Å². The van der Waals surface area contributed by atoms with Crippen LogP contribution in [-0.2, 0) is 11.3 Å². The van der Waals surface area contributed by atoms with Gasteiger partial charge in [0.25, 0.3) is 0 Å². The molecule has 0 bridgehead atoms. The summed E-state index contributed by atoms with van der Waals surface area (Å²) in [6.07, 6.45) is 0.795. The molecule has 0 fully saturated rings. The van der Waals surface area contributed by atoms with E-state index in [4.69, 9.17) is 4.74 Å². The van der Waals surface area contributed by atoms with Crippen molar-refractivity contribution in [2.24, 2.45) is 0 Å². The van der Waals surface area contributed by atoms with Crippen LogP contribution < -0.4 is 5.32 Å². The van der Waals surface area contributed by atoms with Gasteiger partial charge in [0.1, 0.15) is 5.82 Å². The highest BCUT2D eigenvalue weighted by Gasteiger charge is 2.18. The van der Waals surface area contributed by atoms with Crippen LogP contribution in [0.2, 0.25) is 0 Å². The number of hydrogen-bond acceptors (Lipinski definition) is 2. The number of hydrogen-bond donors (Lipinski definition) is 1. The van der Waals surface area contributed by atoms with Gasteiger partial charge in [0.15, 0.2) is 0 Å². The zero-order chi connectivity index (χ0) is 18.9. The molecule has 0 aromatic heterocycles. The molecule has 0 saturated heterocycles. The van der Waals surface area contributed by atoms with Crippen molar-refractivity contribution in [2.75, 3.05) is 20.3 Å². The van der Waals surface area contributed by atoms with Crippen molar-refractivity contribution in [1.29, 1.82) is 0 Å². The predicted molar refractivity (Wildman–Crippen MR) is 101 cm³/mol. The van der Waals surface area contributed by atoms with Gasteiger partial charge in [0, 0.05) is 20.2 Å². The van der Waals surface area contributed by atoms with Crippen molar-refractivity contribution in [1.82, 2.24) is 10.2 Å². The molecule has 0 heterocycles. The Balaban J connectivity index is 2.08. The van der Waals surface area contributed by atoms with Crippen molar-refractivity contribution in [3.63, 3.8) is 0 Å². The number of urea groups is 1. The number of ether oxygens (including phenoxy) is 1. The molecular formula is C21H27FN2O2. The summed E-state index contributed by atoms with van der Waals surface area (Å²) in [6.45, 7) is 5.39. The summed E-state index contributed by atoms with van der Waals surface area (Å²) >= 11 is 0. The zero-order valence-electron chi connectivity index (χ0n) is 15.7. The Kier molecular flexibility index (Phi) is 7.60. The summed E-state index contributed by atoms with van der Waals surface area (Å²) in [7, 11) is 1.61. The molecule has 2 amide bonds. The van der Waals surface area contributed by atoms with Crippen molar-refractivity contribution < 1.29 is 13.9 Å². The fourth-order valence-electron chi connectivity index (χ4n) is 2.72. The minimum Gasteiger partial charge on any atom is -0.383 e. The maximum Gasteiger partial charge on any atom is 0.318 e. The first kappa shape index (κ1) is 19.9. The Bertz CT molecular complexity index is 686.